The molecule has 138 valence electrons. The number of benzene rings is 2. The highest BCUT2D eigenvalue weighted by Crippen LogP contribution is 2.22. The molecule has 1 heterocycles. The predicted molar refractivity (Wildman–Crippen MR) is 99.5 cm³/mol. The van der Waals surface area contributed by atoms with Crippen molar-refractivity contribution in [3.63, 3.8) is 0 Å². The number of aromatic nitrogens is 2. The molecule has 0 radical (unpaired) electrons. The molecule has 0 atom stereocenters. The maximum atomic E-state index is 12.4. The van der Waals surface area contributed by atoms with Gasteiger partial charge in [0.15, 0.2) is 0 Å². The van der Waals surface area contributed by atoms with Gasteiger partial charge in [-0.25, -0.2) is 22.8 Å². The lowest BCUT2D eigenvalue weighted by atomic mass is 10.2. The van der Waals surface area contributed by atoms with Crippen LogP contribution in [0.2, 0.25) is 0 Å². The van der Waals surface area contributed by atoms with Crippen molar-refractivity contribution in [2.24, 2.45) is 0 Å². The number of hydrogen-bond acceptors (Lipinski definition) is 5. The Kier molecular flexibility index (Phi) is 4.25. The monoisotopic (exact) mass is 384 g/mol. The molecule has 27 heavy (non-hydrogen) atoms. The van der Waals surface area contributed by atoms with Crippen molar-refractivity contribution in [2.45, 2.75) is 23.8 Å². The first kappa shape index (κ1) is 17.4. The van der Waals surface area contributed by atoms with Gasteiger partial charge in [0.25, 0.3) is 11.5 Å². The minimum absolute atomic E-state index is 0.00486. The Bertz CT molecular complexity index is 1180. The van der Waals surface area contributed by atoms with Crippen LogP contribution in [0, 0.1) is 0 Å². The van der Waals surface area contributed by atoms with Crippen molar-refractivity contribution in [3.8, 4) is 0 Å². The van der Waals surface area contributed by atoms with Crippen LogP contribution in [0.4, 0.5) is 0 Å². The smallest absolute Gasteiger partial charge is 0.267 e. The van der Waals surface area contributed by atoms with Crippen molar-refractivity contribution in [1.29, 1.82) is 0 Å². The first-order valence-electron chi connectivity index (χ1n) is 8.34. The van der Waals surface area contributed by atoms with Gasteiger partial charge in [0.1, 0.15) is 6.33 Å². The van der Waals surface area contributed by atoms with Crippen molar-refractivity contribution in [3.05, 3.63) is 70.8 Å². The van der Waals surface area contributed by atoms with Crippen molar-refractivity contribution < 1.29 is 13.2 Å². The summed E-state index contributed by atoms with van der Waals surface area (Å²) in [6.07, 6.45) is 2.92. The molecular weight excluding hydrogens is 368 g/mol. The second-order valence-electron chi connectivity index (χ2n) is 6.30. The summed E-state index contributed by atoms with van der Waals surface area (Å²) in [7, 11) is -3.58. The molecule has 1 amide bonds. The number of amides is 1. The SMILES string of the molecule is O=C(Nn1cnc2ccccc2c1=O)c1ccc(S(=O)(=O)NC2CC2)cc1. The molecule has 4 rings (SSSR count). The fraction of sp³-hybridized carbons (Fsp3) is 0.167. The van der Waals surface area contributed by atoms with E-state index in [1.807, 2.05) is 0 Å². The average molecular weight is 384 g/mol. The topological polar surface area (TPSA) is 110 Å². The zero-order valence-electron chi connectivity index (χ0n) is 14.1. The first-order valence-corrected chi connectivity index (χ1v) is 9.82. The number of carbonyl (C=O) groups excluding carboxylic acids is 1. The van der Waals surface area contributed by atoms with E-state index < -0.39 is 21.5 Å². The van der Waals surface area contributed by atoms with Crippen LogP contribution in [-0.4, -0.2) is 30.0 Å². The zero-order valence-corrected chi connectivity index (χ0v) is 14.9. The van der Waals surface area contributed by atoms with Gasteiger partial charge in [0.2, 0.25) is 10.0 Å². The summed E-state index contributed by atoms with van der Waals surface area (Å²) < 4.78 is 27.9. The third-order valence-corrected chi connectivity index (χ3v) is 5.75. The lowest BCUT2D eigenvalue weighted by Crippen LogP contribution is -2.33. The van der Waals surface area contributed by atoms with Crippen molar-refractivity contribution in [1.82, 2.24) is 14.4 Å². The maximum Gasteiger partial charge on any atom is 0.280 e. The summed E-state index contributed by atoms with van der Waals surface area (Å²) >= 11 is 0. The van der Waals surface area contributed by atoms with E-state index in [0.717, 1.165) is 17.5 Å². The molecule has 1 fully saturated rings. The molecule has 0 bridgehead atoms. The van der Waals surface area contributed by atoms with Gasteiger partial charge in [0.05, 0.1) is 15.8 Å². The molecule has 1 aliphatic carbocycles. The van der Waals surface area contributed by atoms with E-state index in [9.17, 15) is 18.0 Å². The van der Waals surface area contributed by atoms with Crippen LogP contribution in [0.25, 0.3) is 10.9 Å². The number of fused-ring (bicyclic) bond motifs is 1. The summed E-state index contributed by atoms with van der Waals surface area (Å²) in [5.74, 6) is -0.548. The van der Waals surface area contributed by atoms with E-state index in [-0.39, 0.29) is 16.5 Å². The van der Waals surface area contributed by atoms with Crippen LogP contribution in [0.5, 0.6) is 0 Å². The van der Waals surface area contributed by atoms with E-state index in [4.69, 9.17) is 0 Å². The molecule has 1 saturated carbocycles. The Hall–Kier alpha value is -3.04. The Morgan fingerprint density at radius 3 is 2.48 bits per heavy atom. The van der Waals surface area contributed by atoms with Gasteiger partial charge in [-0.05, 0) is 49.2 Å². The second kappa shape index (κ2) is 6.60. The number of hydrogen-bond donors (Lipinski definition) is 2. The summed E-state index contributed by atoms with van der Waals surface area (Å²) in [6, 6.07) is 12.3. The van der Waals surface area contributed by atoms with Gasteiger partial charge < -0.3 is 0 Å². The van der Waals surface area contributed by atoms with Crippen LogP contribution >= 0.6 is 0 Å². The lowest BCUT2D eigenvalue weighted by Gasteiger charge is -2.09. The molecule has 2 aromatic carbocycles. The van der Waals surface area contributed by atoms with Gasteiger partial charge in [-0.15, -0.1) is 0 Å². The third kappa shape index (κ3) is 3.60. The molecule has 9 heteroatoms. The third-order valence-electron chi connectivity index (χ3n) is 4.21. The van der Waals surface area contributed by atoms with E-state index in [2.05, 4.69) is 15.1 Å². The van der Waals surface area contributed by atoms with Gasteiger partial charge in [0, 0.05) is 11.6 Å². The number of nitrogens with one attached hydrogen (secondary N) is 2. The molecular formula is C18H16N4O4S. The second-order valence-corrected chi connectivity index (χ2v) is 8.01. The molecule has 0 spiro atoms. The van der Waals surface area contributed by atoms with Crippen molar-refractivity contribution in [2.75, 3.05) is 5.43 Å². The minimum atomic E-state index is -3.58. The number of nitrogens with zero attached hydrogens (tertiary/aromatic N) is 2. The van der Waals surface area contributed by atoms with E-state index in [0.29, 0.717) is 10.9 Å². The summed E-state index contributed by atoms with van der Waals surface area (Å²) in [4.78, 5) is 29.0. The Morgan fingerprint density at radius 2 is 1.78 bits per heavy atom. The number of rotatable bonds is 5. The average Bonchev–Trinajstić information content (AvgIpc) is 3.47. The molecule has 1 aromatic heterocycles. The van der Waals surface area contributed by atoms with Gasteiger partial charge in [-0.2, -0.15) is 0 Å². The first-order chi connectivity index (χ1) is 12.9. The zero-order chi connectivity index (χ0) is 19.0. The molecule has 0 saturated heterocycles. The highest BCUT2D eigenvalue weighted by atomic mass is 32.2. The van der Waals surface area contributed by atoms with Gasteiger partial charge in [-0.1, -0.05) is 12.1 Å². The van der Waals surface area contributed by atoms with Crippen LogP contribution in [-0.2, 0) is 10.0 Å². The van der Waals surface area contributed by atoms with Crippen LogP contribution in [0.3, 0.4) is 0 Å². The summed E-state index contributed by atoms with van der Waals surface area (Å²) in [5, 5.41) is 0.382. The number of para-hydroxylation sites is 1. The van der Waals surface area contributed by atoms with Crippen LogP contribution in [0.1, 0.15) is 23.2 Å². The Morgan fingerprint density at radius 1 is 1.07 bits per heavy atom. The Labute approximate surface area is 154 Å². The fourth-order valence-corrected chi connectivity index (χ4v) is 3.90. The number of sulfonamides is 1. The molecule has 1 aliphatic rings. The molecule has 0 unspecified atom stereocenters. The highest BCUT2D eigenvalue weighted by molar-refractivity contribution is 7.89. The van der Waals surface area contributed by atoms with E-state index >= 15 is 0 Å². The van der Waals surface area contributed by atoms with Crippen molar-refractivity contribution >= 4 is 26.8 Å². The quantitative estimate of drug-likeness (QED) is 0.687. The number of carbonyl (C=O) groups is 1. The highest BCUT2D eigenvalue weighted by Gasteiger charge is 2.28. The van der Waals surface area contributed by atoms with Crippen LogP contribution in [0.15, 0.2) is 64.5 Å². The minimum Gasteiger partial charge on any atom is -0.267 e. The van der Waals surface area contributed by atoms with Gasteiger partial charge in [-0.3, -0.25) is 15.0 Å². The summed E-state index contributed by atoms with van der Waals surface area (Å²) in [6.45, 7) is 0. The fourth-order valence-electron chi connectivity index (χ4n) is 2.60. The van der Waals surface area contributed by atoms with E-state index in [1.165, 1.54) is 30.6 Å². The normalized spacial score (nSPS) is 14.2. The maximum absolute atomic E-state index is 12.4. The Balaban J connectivity index is 1.55. The largest absolute Gasteiger partial charge is 0.280 e. The molecule has 3 aromatic rings. The van der Waals surface area contributed by atoms with Gasteiger partial charge >= 0.3 is 0 Å². The van der Waals surface area contributed by atoms with Crippen LogP contribution < -0.4 is 15.7 Å². The van der Waals surface area contributed by atoms with E-state index in [1.54, 1.807) is 24.3 Å². The molecule has 2 N–H and O–H groups in total. The standard InChI is InChI=1S/C18H16N4O4S/c23-17(20-22-11-19-16-4-2-1-3-15(16)18(22)24)12-5-9-14(10-6-12)27(25,26)21-13-7-8-13/h1-6,9-11,13,21H,7-8H2,(H,20,23). The lowest BCUT2D eigenvalue weighted by molar-refractivity contribution is 0.101. The molecule has 8 nitrogen and oxygen atoms in total. The summed E-state index contributed by atoms with van der Waals surface area (Å²) in [5.41, 5.74) is 2.81. The molecule has 0 aliphatic heterocycles. The predicted octanol–water partition coefficient (Wildman–Crippen LogP) is 1.22.